The lowest BCUT2D eigenvalue weighted by Gasteiger charge is -2.19. The van der Waals surface area contributed by atoms with Gasteiger partial charge in [-0.15, -0.1) is 0 Å². The second-order valence-corrected chi connectivity index (χ2v) is 5.62. The van der Waals surface area contributed by atoms with Crippen molar-refractivity contribution in [3.05, 3.63) is 47.9 Å². The highest BCUT2D eigenvalue weighted by molar-refractivity contribution is 5.59. The number of alkyl halides is 3. The first-order chi connectivity index (χ1) is 9.18. The van der Waals surface area contributed by atoms with Crippen molar-refractivity contribution in [2.75, 3.05) is 0 Å². The van der Waals surface area contributed by atoms with Gasteiger partial charge in [-0.25, -0.2) is 4.98 Å². The Morgan fingerprint density at radius 3 is 2.15 bits per heavy atom. The second-order valence-electron chi connectivity index (χ2n) is 5.62. The van der Waals surface area contributed by atoms with Crippen LogP contribution in [0.3, 0.4) is 0 Å². The summed E-state index contributed by atoms with van der Waals surface area (Å²) in [5.41, 5.74) is 1.28. The largest absolute Gasteiger partial charge is 0.434 e. The van der Waals surface area contributed by atoms with Gasteiger partial charge in [0.05, 0.1) is 18.1 Å². The Balaban J connectivity index is 2.38. The average molecular weight is 280 g/mol. The zero-order chi connectivity index (χ0) is 15.0. The van der Waals surface area contributed by atoms with Crippen molar-refractivity contribution < 1.29 is 13.2 Å². The predicted octanol–water partition coefficient (Wildman–Crippen LogP) is 4.46. The van der Waals surface area contributed by atoms with E-state index in [1.165, 1.54) is 0 Å². The maximum Gasteiger partial charge on any atom is 0.434 e. The molecular weight excluding hydrogens is 265 g/mol. The van der Waals surface area contributed by atoms with Gasteiger partial charge in [0.2, 0.25) is 0 Å². The summed E-state index contributed by atoms with van der Waals surface area (Å²) in [5.74, 6) is 0. The normalized spacial score (nSPS) is 12.5. The zero-order valence-corrected chi connectivity index (χ0v) is 11.5. The minimum Gasteiger partial charge on any atom is -0.252 e. The van der Waals surface area contributed by atoms with Crippen LogP contribution in [0.5, 0.6) is 0 Å². The Labute approximate surface area is 115 Å². The summed E-state index contributed by atoms with van der Waals surface area (Å²) in [6.07, 6.45) is -2.54. The van der Waals surface area contributed by atoms with Crippen LogP contribution in [0.15, 0.2) is 36.7 Å². The minimum atomic E-state index is -4.46. The maximum atomic E-state index is 12.4. The van der Waals surface area contributed by atoms with E-state index in [2.05, 4.69) is 30.7 Å². The molecule has 1 aromatic heterocycles. The van der Waals surface area contributed by atoms with Gasteiger partial charge in [0.1, 0.15) is 0 Å². The van der Waals surface area contributed by atoms with Crippen LogP contribution in [0, 0.1) is 0 Å². The Bertz CT molecular complexity index is 596. The van der Waals surface area contributed by atoms with E-state index in [0.29, 0.717) is 5.69 Å². The van der Waals surface area contributed by atoms with Crippen LogP contribution < -0.4 is 0 Å². The van der Waals surface area contributed by atoms with Gasteiger partial charge in [-0.05, 0) is 17.0 Å². The summed E-state index contributed by atoms with van der Waals surface area (Å²) in [6.45, 7) is 6.22. The van der Waals surface area contributed by atoms with Gasteiger partial charge >= 0.3 is 6.18 Å². The number of rotatable bonds is 1. The van der Waals surface area contributed by atoms with Gasteiger partial charge in [0, 0.05) is 5.56 Å². The molecule has 106 valence electrons. The lowest BCUT2D eigenvalue weighted by atomic mass is 9.86. The van der Waals surface area contributed by atoms with Crippen molar-refractivity contribution in [3.8, 4) is 11.3 Å². The van der Waals surface area contributed by atoms with Crippen molar-refractivity contribution in [1.29, 1.82) is 0 Å². The van der Waals surface area contributed by atoms with Crippen LogP contribution in [0.1, 0.15) is 32.0 Å². The van der Waals surface area contributed by atoms with Crippen molar-refractivity contribution in [1.82, 2.24) is 9.97 Å². The molecule has 0 radical (unpaired) electrons. The summed E-state index contributed by atoms with van der Waals surface area (Å²) < 4.78 is 37.3. The van der Waals surface area contributed by atoms with Crippen LogP contribution in [0.4, 0.5) is 13.2 Å². The zero-order valence-electron chi connectivity index (χ0n) is 11.5. The van der Waals surface area contributed by atoms with Crippen LogP contribution in [-0.4, -0.2) is 9.97 Å². The fourth-order valence-electron chi connectivity index (χ4n) is 1.77. The maximum absolute atomic E-state index is 12.4. The molecule has 1 heterocycles. The summed E-state index contributed by atoms with van der Waals surface area (Å²) >= 11 is 0. The van der Waals surface area contributed by atoms with Crippen LogP contribution >= 0.6 is 0 Å². The Morgan fingerprint density at radius 2 is 1.65 bits per heavy atom. The predicted molar refractivity (Wildman–Crippen MR) is 71.2 cm³/mol. The quantitative estimate of drug-likeness (QED) is 0.770. The number of benzene rings is 1. The number of hydrogen-bond acceptors (Lipinski definition) is 2. The fourth-order valence-corrected chi connectivity index (χ4v) is 1.77. The van der Waals surface area contributed by atoms with E-state index in [1.807, 2.05) is 24.3 Å². The highest BCUT2D eigenvalue weighted by Crippen LogP contribution is 2.29. The molecule has 2 rings (SSSR count). The molecule has 0 saturated carbocycles. The average Bonchev–Trinajstić information content (AvgIpc) is 2.37. The third-order valence-corrected chi connectivity index (χ3v) is 2.97. The number of halogens is 3. The molecular formula is C15H15F3N2. The molecule has 0 fully saturated rings. The molecule has 0 aliphatic heterocycles. The standard InChI is InChI=1S/C15H15F3N2/c1-14(2,3)11-6-4-5-10(7-11)12-8-20-13(9-19-12)15(16,17)18/h4-9H,1-3H3. The summed E-state index contributed by atoms with van der Waals surface area (Å²) in [7, 11) is 0. The molecule has 1 aromatic carbocycles. The van der Waals surface area contributed by atoms with E-state index >= 15 is 0 Å². The Morgan fingerprint density at radius 1 is 0.950 bits per heavy atom. The van der Waals surface area contributed by atoms with Gasteiger partial charge in [-0.2, -0.15) is 13.2 Å². The Hall–Kier alpha value is -1.91. The van der Waals surface area contributed by atoms with E-state index < -0.39 is 11.9 Å². The molecule has 0 unspecified atom stereocenters. The molecule has 2 nitrogen and oxygen atoms in total. The Kier molecular flexibility index (Phi) is 3.54. The first-order valence-electron chi connectivity index (χ1n) is 6.18. The molecule has 0 N–H and O–H groups in total. The third-order valence-electron chi connectivity index (χ3n) is 2.97. The highest BCUT2D eigenvalue weighted by atomic mass is 19.4. The lowest BCUT2D eigenvalue weighted by Crippen LogP contribution is -2.11. The summed E-state index contributed by atoms with van der Waals surface area (Å²) in [6, 6.07) is 7.60. The molecule has 2 aromatic rings. The highest BCUT2D eigenvalue weighted by Gasteiger charge is 2.32. The first-order valence-corrected chi connectivity index (χ1v) is 6.18. The molecule has 0 atom stereocenters. The van der Waals surface area contributed by atoms with Crippen molar-refractivity contribution in [3.63, 3.8) is 0 Å². The third kappa shape index (κ3) is 3.15. The fraction of sp³-hybridized carbons (Fsp3) is 0.333. The van der Waals surface area contributed by atoms with E-state index in [-0.39, 0.29) is 5.41 Å². The van der Waals surface area contributed by atoms with Crippen molar-refractivity contribution in [2.24, 2.45) is 0 Å². The topological polar surface area (TPSA) is 25.8 Å². The van der Waals surface area contributed by atoms with Crippen LogP contribution in [0.25, 0.3) is 11.3 Å². The van der Waals surface area contributed by atoms with E-state index in [4.69, 9.17) is 0 Å². The SMILES string of the molecule is CC(C)(C)c1cccc(-c2cnc(C(F)(F)F)cn2)c1. The number of nitrogens with zero attached hydrogens (tertiary/aromatic N) is 2. The molecule has 0 aliphatic carbocycles. The smallest absolute Gasteiger partial charge is 0.252 e. The molecule has 20 heavy (non-hydrogen) atoms. The monoisotopic (exact) mass is 280 g/mol. The molecule has 0 spiro atoms. The molecule has 0 saturated heterocycles. The first kappa shape index (κ1) is 14.5. The summed E-state index contributed by atoms with van der Waals surface area (Å²) in [5, 5.41) is 0. The van der Waals surface area contributed by atoms with Gasteiger partial charge < -0.3 is 0 Å². The molecule has 5 heteroatoms. The van der Waals surface area contributed by atoms with Gasteiger partial charge in [0.25, 0.3) is 0 Å². The van der Waals surface area contributed by atoms with E-state index in [0.717, 1.165) is 23.5 Å². The number of hydrogen-bond donors (Lipinski definition) is 0. The van der Waals surface area contributed by atoms with E-state index in [1.54, 1.807) is 0 Å². The molecule has 0 bridgehead atoms. The molecule has 0 aliphatic rings. The second kappa shape index (κ2) is 4.89. The van der Waals surface area contributed by atoms with E-state index in [9.17, 15) is 13.2 Å². The van der Waals surface area contributed by atoms with Gasteiger partial charge in [-0.1, -0.05) is 39.0 Å². The summed E-state index contributed by atoms with van der Waals surface area (Å²) in [4.78, 5) is 7.29. The molecule has 0 amide bonds. The van der Waals surface area contributed by atoms with Crippen LogP contribution in [0.2, 0.25) is 0 Å². The lowest BCUT2D eigenvalue weighted by molar-refractivity contribution is -0.141. The van der Waals surface area contributed by atoms with Gasteiger partial charge in [-0.3, -0.25) is 4.98 Å². The van der Waals surface area contributed by atoms with Crippen LogP contribution in [-0.2, 0) is 11.6 Å². The minimum absolute atomic E-state index is 0.0324. The number of aromatic nitrogens is 2. The van der Waals surface area contributed by atoms with Crippen molar-refractivity contribution >= 4 is 0 Å². The van der Waals surface area contributed by atoms with Crippen molar-refractivity contribution in [2.45, 2.75) is 32.4 Å². The van der Waals surface area contributed by atoms with Gasteiger partial charge in [0.15, 0.2) is 5.69 Å².